The number of para-hydroxylation sites is 2. The topological polar surface area (TPSA) is 90.4 Å². The molecule has 7 nitrogen and oxygen atoms in total. The Balaban J connectivity index is 1.47. The quantitative estimate of drug-likeness (QED) is 0.364. The van der Waals surface area contributed by atoms with E-state index in [9.17, 15) is 14.7 Å². The van der Waals surface area contributed by atoms with Crippen LogP contribution < -0.4 is 5.32 Å². The van der Waals surface area contributed by atoms with Crippen molar-refractivity contribution in [3.05, 3.63) is 71.5 Å². The number of hydrogen-bond acceptors (Lipinski definition) is 4. The van der Waals surface area contributed by atoms with Crippen molar-refractivity contribution in [2.24, 2.45) is 0 Å². The molecule has 1 atom stereocenters. The molecule has 2 aromatic heterocycles. The number of amides is 2. The Morgan fingerprint density at radius 1 is 0.889 bits per heavy atom. The van der Waals surface area contributed by atoms with Gasteiger partial charge in [-0.1, -0.05) is 42.8 Å². The molecule has 0 aliphatic carbocycles. The zero-order valence-electron chi connectivity index (χ0n) is 20.4. The monoisotopic (exact) mass is 482 g/mol. The van der Waals surface area contributed by atoms with E-state index >= 15 is 0 Å². The fourth-order valence-electron chi connectivity index (χ4n) is 5.86. The lowest BCUT2D eigenvalue weighted by molar-refractivity contribution is -0.122. The van der Waals surface area contributed by atoms with Crippen LogP contribution in [0.2, 0.25) is 0 Å². The van der Waals surface area contributed by atoms with Crippen LogP contribution in [-0.4, -0.2) is 57.1 Å². The van der Waals surface area contributed by atoms with Gasteiger partial charge < -0.3 is 19.6 Å². The predicted octanol–water partition coefficient (Wildman–Crippen LogP) is 3.85. The molecule has 6 rings (SSSR count). The zero-order chi connectivity index (χ0) is 24.8. The van der Waals surface area contributed by atoms with E-state index in [1.54, 1.807) is 6.20 Å². The first-order chi connectivity index (χ1) is 17.5. The van der Waals surface area contributed by atoms with Crippen molar-refractivity contribution in [1.82, 2.24) is 19.8 Å². The molecule has 184 valence electrons. The summed E-state index contributed by atoms with van der Waals surface area (Å²) in [5.74, 6) is -0.784. The minimum atomic E-state index is -0.535. The van der Waals surface area contributed by atoms with Gasteiger partial charge in [0.2, 0.25) is 0 Å². The van der Waals surface area contributed by atoms with Gasteiger partial charge in [-0.05, 0) is 44.5 Å². The van der Waals surface area contributed by atoms with Crippen molar-refractivity contribution >= 4 is 44.8 Å². The second kappa shape index (κ2) is 9.08. The van der Waals surface area contributed by atoms with E-state index < -0.39 is 17.9 Å². The molecule has 0 radical (unpaired) electrons. The highest BCUT2D eigenvalue weighted by Crippen LogP contribution is 2.39. The molecule has 0 spiro atoms. The molecule has 1 saturated heterocycles. The Morgan fingerprint density at radius 2 is 1.61 bits per heavy atom. The van der Waals surface area contributed by atoms with Crippen LogP contribution in [0.25, 0.3) is 33.0 Å². The molecule has 1 fully saturated rings. The lowest BCUT2D eigenvalue weighted by Gasteiger charge is -2.28. The summed E-state index contributed by atoms with van der Waals surface area (Å²) < 4.78 is 2.05. The first-order valence-corrected chi connectivity index (χ1v) is 12.7. The molecule has 4 aromatic rings. The van der Waals surface area contributed by atoms with E-state index in [2.05, 4.69) is 15.2 Å². The smallest absolute Gasteiger partial charge is 0.259 e. The summed E-state index contributed by atoms with van der Waals surface area (Å²) in [6.45, 7) is 5.13. The predicted molar refractivity (Wildman–Crippen MR) is 141 cm³/mol. The number of aliphatic hydroxyl groups excluding tert-OH is 1. The number of imide groups is 1. The van der Waals surface area contributed by atoms with E-state index in [0.29, 0.717) is 35.4 Å². The molecule has 4 heterocycles. The number of aromatic amines is 1. The van der Waals surface area contributed by atoms with Crippen molar-refractivity contribution in [3.63, 3.8) is 0 Å². The van der Waals surface area contributed by atoms with E-state index in [0.717, 1.165) is 40.5 Å². The van der Waals surface area contributed by atoms with Gasteiger partial charge in [-0.15, -0.1) is 0 Å². The van der Waals surface area contributed by atoms with Crippen molar-refractivity contribution in [2.45, 2.75) is 38.8 Å². The Kier molecular flexibility index (Phi) is 5.74. The number of fused-ring (bicyclic) bond motifs is 2. The number of benzene rings is 2. The van der Waals surface area contributed by atoms with Crippen LogP contribution >= 0.6 is 0 Å². The van der Waals surface area contributed by atoms with E-state index in [1.165, 1.54) is 19.3 Å². The van der Waals surface area contributed by atoms with Gasteiger partial charge in [0, 0.05) is 52.9 Å². The maximum atomic E-state index is 13.2. The van der Waals surface area contributed by atoms with Gasteiger partial charge in [0.25, 0.3) is 11.8 Å². The fourth-order valence-corrected chi connectivity index (χ4v) is 5.86. The number of rotatable bonds is 6. The Hall–Kier alpha value is -3.68. The van der Waals surface area contributed by atoms with Crippen molar-refractivity contribution in [2.75, 3.05) is 19.6 Å². The second-order valence-electron chi connectivity index (χ2n) is 9.96. The number of piperidine rings is 1. The summed E-state index contributed by atoms with van der Waals surface area (Å²) in [5.41, 5.74) is 5.12. The average molecular weight is 483 g/mol. The second-order valence-corrected chi connectivity index (χ2v) is 9.96. The number of aromatic nitrogens is 2. The maximum Gasteiger partial charge on any atom is 0.259 e. The van der Waals surface area contributed by atoms with Crippen molar-refractivity contribution in [3.8, 4) is 0 Å². The van der Waals surface area contributed by atoms with Gasteiger partial charge in [0.1, 0.15) is 0 Å². The van der Waals surface area contributed by atoms with Gasteiger partial charge in [-0.3, -0.25) is 14.9 Å². The van der Waals surface area contributed by atoms with Crippen LogP contribution in [0.5, 0.6) is 0 Å². The summed E-state index contributed by atoms with van der Waals surface area (Å²) in [6, 6.07) is 13.8. The third-order valence-electron chi connectivity index (χ3n) is 7.48. The van der Waals surface area contributed by atoms with E-state index in [1.807, 2.05) is 60.2 Å². The number of carbonyl (C=O) groups excluding carboxylic acids is 2. The molecule has 0 bridgehead atoms. The highest BCUT2D eigenvalue weighted by Gasteiger charge is 2.35. The SMILES string of the molecule is Cc1cccc2c(C3=C(c4c[nH]c5ccccc45)C(=O)NC3=O)cn(CC(O)CN3CCCCC3)c12. The number of likely N-dealkylation sites (tertiary alicyclic amines) is 1. The minimum Gasteiger partial charge on any atom is -0.390 e. The zero-order valence-corrected chi connectivity index (χ0v) is 20.4. The van der Waals surface area contributed by atoms with Gasteiger partial charge in [0.15, 0.2) is 0 Å². The summed E-state index contributed by atoms with van der Waals surface area (Å²) in [6.07, 6.45) is 6.80. The summed E-state index contributed by atoms with van der Waals surface area (Å²) in [5, 5.41) is 15.3. The number of aryl methyl sites for hydroxylation is 1. The van der Waals surface area contributed by atoms with Crippen LogP contribution in [-0.2, 0) is 16.1 Å². The first-order valence-electron chi connectivity index (χ1n) is 12.7. The normalized spacial score (nSPS) is 17.9. The molecule has 2 aromatic carbocycles. The Bertz CT molecular complexity index is 1520. The lowest BCUT2D eigenvalue weighted by Crippen LogP contribution is -2.38. The number of nitrogens with zero attached hydrogens (tertiary/aromatic N) is 2. The molecule has 3 N–H and O–H groups in total. The molecule has 2 aliphatic heterocycles. The standard InChI is InChI=1S/C29H30N4O3/c1-18-8-7-10-21-23(17-33(27(18)21)16-19(34)15-32-12-5-2-6-13-32)26-25(28(35)31-29(26)36)22-14-30-24-11-4-3-9-20(22)24/h3-4,7-11,14,17,19,30,34H,2,5-6,12-13,15-16H2,1H3,(H,31,35,36). The molecular formula is C29H30N4O3. The molecule has 1 unspecified atom stereocenters. The largest absolute Gasteiger partial charge is 0.390 e. The third kappa shape index (κ3) is 3.85. The molecule has 0 saturated carbocycles. The third-order valence-corrected chi connectivity index (χ3v) is 7.48. The summed E-state index contributed by atoms with van der Waals surface area (Å²) in [7, 11) is 0. The number of β-amino-alcohol motifs (C(OH)–C–C–N with tert-alkyl or cyclic N) is 1. The van der Waals surface area contributed by atoms with Gasteiger partial charge >= 0.3 is 0 Å². The maximum absolute atomic E-state index is 13.2. The summed E-state index contributed by atoms with van der Waals surface area (Å²) in [4.78, 5) is 31.8. The fraction of sp³-hybridized carbons (Fsp3) is 0.310. The number of H-pyrrole nitrogens is 1. The Labute approximate surface area is 209 Å². The van der Waals surface area contributed by atoms with E-state index in [-0.39, 0.29) is 0 Å². The molecule has 7 heteroatoms. The molecular weight excluding hydrogens is 452 g/mol. The molecule has 2 aliphatic rings. The highest BCUT2D eigenvalue weighted by atomic mass is 16.3. The number of aliphatic hydroxyl groups is 1. The lowest BCUT2D eigenvalue weighted by atomic mass is 9.95. The number of hydrogen-bond donors (Lipinski definition) is 3. The van der Waals surface area contributed by atoms with Crippen molar-refractivity contribution < 1.29 is 14.7 Å². The van der Waals surface area contributed by atoms with Crippen LogP contribution in [0.4, 0.5) is 0 Å². The van der Waals surface area contributed by atoms with Crippen LogP contribution in [0, 0.1) is 6.92 Å². The first kappa shape index (κ1) is 22.8. The van der Waals surface area contributed by atoms with Crippen molar-refractivity contribution in [1.29, 1.82) is 0 Å². The van der Waals surface area contributed by atoms with E-state index in [4.69, 9.17) is 0 Å². The molecule has 2 amide bonds. The van der Waals surface area contributed by atoms with Crippen LogP contribution in [0.15, 0.2) is 54.9 Å². The summed E-state index contributed by atoms with van der Waals surface area (Å²) >= 11 is 0. The van der Waals surface area contributed by atoms with Gasteiger partial charge in [-0.2, -0.15) is 0 Å². The number of nitrogens with one attached hydrogen (secondary N) is 2. The number of carbonyl (C=O) groups is 2. The minimum absolute atomic E-state index is 0.379. The average Bonchev–Trinajstić information content (AvgIpc) is 3.53. The van der Waals surface area contributed by atoms with Gasteiger partial charge in [0.05, 0.1) is 22.8 Å². The van der Waals surface area contributed by atoms with Gasteiger partial charge in [-0.25, -0.2) is 0 Å². The van der Waals surface area contributed by atoms with Crippen LogP contribution in [0.1, 0.15) is 36.0 Å². The highest BCUT2D eigenvalue weighted by molar-refractivity contribution is 6.50. The molecule has 36 heavy (non-hydrogen) atoms. The van der Waals surface area contributed by atoms with Crippen LogP contribution in [0.3, 0.4) is 0 Å². The Morgan fingerprint density at radius 3 is 2.42 bits per heavy atom.